The maximum atomic E-state index is 11.9. The van der Waals surface area contributed by atoms with E-state index in [1.807, 2.05) is 62.4 Å². The molecule has 5 nitrogen and oxygen atoms in total. The molecule has 0 aliphatic carbocycles. The number of amides is 2. The van der Waals surface area contributed by atoms with Gasteiger partial charge >= 0.3 is 11.8 Å². The molecule has 24 heavy (non-hydrogen) atoms. The molecule has 2 N–H and O–H groups in total. The number of aryl methyl sites for hydroxylation is 3. The molecule has 0 aromatic heterocycles. The Bertz CT molecular complexity index is 719. The van der Waals surface area contributed by atoms with Crippen LogP contribution in [0.15, 0.2) is 53.6 Å². The predicted molar refractivity (Wildman–Crippen MR) is 95.9 cm³/mol. The molecule has 0 unspecified atom stereocenters. The Morgan fingerprint density at radius 1 is 0.958 bits per heavy atom. The molecule has 0 atom stereocenters. The summed E-state index contributed by atoms with van der Waals surface area (Å²) in [5.74, 6) is -1.51. The van der Waals surface area contributed by atoms with E-state index in [0.717, 1.165) is 17.5 Å². The summed E-state index contributed by atoms with van der Waals surface area (Å²) in [4.78, 5) is 23.7. The van der Waals surface area contributed by atoms with Gasteiger partial charge in [-0.15, -0.1) is 0 Å². The lowest BCUT2D eigenvalue weighted by Gasteiger charge is -2.10. The highest BCUT2D eigenvalue weighted by Gasteiger charge is 2.14. The lowest BCUT2D eigenvalue weighted by molar-refractivity contribution is -0.136. The Hall–Kier alpha value is -2.95. The molecule has 0 spiro atoms. The van der Waals surface area contributed by atoms with Gasteiger partial charge < -0.3 is 5.32 Å². The van der Waals surface area contributed by atoms with E-state index in [0.29, 0.717) is 12.1 Å². The largest absolute Gasteiger partial charge is 0.329 e. The fourth-order valence-corrected chi connectivity index (χ4v) is 2.28. The number of hydrogen-bond acceptors (Lipinski definition) is 3. The van der Waals surface area contributed by atoms with Crippen molar-refractivity contribution >= 4 is 23.7 Å². The summed E-state index contributed by atoms with van der Waals surface area (Å²) in [6, 6.07) is 15.6. The summed E-state index contributed by atoms with van der Waals surface area (Å²) < 4.78 is 0. The molecule has 2 rings (SSSR count). The molecule has 0 saturated heterocycles. The van der Waals surface area contributed by atoms with E-state index in [4.69, 9.17) is 0 Å². The van der Waals surface area contributed by atoms with Crippen LogP contribution in [0.4, 0.5) is 5.69 Å². The summed E-state index contributed by atoms with van der Waals surface area (Å²) in [6.45, 7) is 3.75. The maximum Gasteiger partial charge on any atom is 0.329 e. The van der Waals surface area contributed by atoms with E-state index in [1.54, 1.807) is 6.21 Å². The van der Waals surface area contributed by atoms with Crippen LogP contribution in [0, 0.1) is 13.8 Å². The van der Waals surface area contributed by atoms with Crippen molar-refractivity contribution in [3.8, 4) is 0 Å². The number of nitrogens with one attached hydrogen (secondary N) is 2. The van der Waals surface area contributed by atoms with Gasteiger partial charge in [-0.2, -0.15) is 5.10 Å². The van der Waals surface area contributed by atoms with Crippen molar-refractivity contribution < 1.29 is 9.59 Å². The molecule has 0 aliphatic rings. The van der Waals surface area contributed by atoms with Crippen LogP contribution in [0.25, 0.3) is 0 Å². The second-order valence-corrected chi connectivity index (χ2v) is 5.50. The Labute approximate surface area is 141 Å². The van der Waals surface area contributed by atoms with Crippen LogP contribution < -0.4 is 10.7 Å². The van der Waals surface area contributed by atoms with Crippen molar-refractivity contribution in [2.75, 3.05) is 5.32 Å². The molecule has 0 aliphatic heterocycles. The summed E-state index contributed by atoms with van der Waals surface area (Å²) in [5, 5.41) is 6.43. The minimum Gasteiger partial charge on any atom is -0.317 e. The van der Waals surface area contributed by atoms with Gasteiger partial charge in [-0.25, -0.2) is 5.43 Å². The topological polar surface area (TPSA) is 70.6 Å². The van der Waals surface area contributed by atoms with Crippen LogP contribution in [-0.4, -0.2) is 18.0 Å². The van der Waals surface area contributed by atoms with Gasteiger partial charge in [0.25, 0.3) is 0 Å². The van der Waals surface area contributed by atoms with E-state index in [1.165, 1.54) is 5.56 Å². The van der Waals surface area contributed by atoms with Gasteiger partial charge in [0.1, 0.15) is 0 Å². The van der Waals surface area contributed by atoms with Crippen LogP contribution in [0.2, 0.25) is 0 Å². The van der Waals surface area contributed by atoms with Gasteiger partial charge in [0.2, 0.25) is 0 Å². The number of rotatable bonds is 5. The Morgan fingerprint density at radius 2 is 1.62 bits per heavy atom. The molecule has 124 valence electrons. The predicted octanol–water partition coefficient (Wildman–Crippen LogP) is 2.98. The van der Waals surface area contributed by atoms with Gasteiger partial charge in [0.05, 0.1) is 0 Å². The summed E-state index contributed by atoms with van der Waals surface area (Å²) in [5.41, 5.74) is 5.91. The van der Waals surface area contributed by atoms with Crippen molar-refractivity contribution in [1.29, 1.82) is 0 Å². The van der Waals surface area contributed by atoms with Gasteiger partial charge in [-0.3, -0.25) is 9.59 Å². The van der Waals surface area contributed by atoms with Crippen molar-refractivity contribution in [1.82, 2.24) is 5.43 Å². The standard InChI is InChI=1S/C19H21N3O2/c1-14-8-6-9-15(2)17(14)21-18(23)19(24)22-20-13-7-12-16-10-4-3-5-11-16/h3-6,8-11,13H,7,12H2,1-2H3,(H,21,23)(H,22,24). The quantitative estimate of drug-likeness (QED) is 0.504. The monoisotopic (exact) mass is 323 g/mol. The maximum absolute atomic E-state index is 11.9. The number of carbonyl (C=O) groups excluding carboxylic acids is 2. The first-order valence-electron chi connectivity index (χ1n) is 7.81. The number of para-hydroxylation sites is 1. The minimum atomic E-state index is -0.784. The third-order valence-corrected chi connectivity index (χ3v) is 3.59. The fourth-order valence-electron chi connectivity index (χ4n) is 2.28. The van der Waals surface area contributed by atoms with Gasteiger partial charge in [0, 0.05) is 11.9 Å². The van der Waals surface area contributed by atoms with Crippen LogP contribution in [0.1, 0.15) is 23.1 Å². The summed E-state index contributed by atoms with van der Waals surface area (Å²) in [7, 11) is 0. The van der Waals surface area contributed by atoms with E-state index in [9.17, 15) is 9.59 Å². The van der Waals surface area contributed by atoms with E-state index < -0.39 is 11.8 Å². The van der Waals surface area contributed by atoms with Crippen LogP contribution in [0.5, 0.6) is 0 Å². The van der Waals surface area contributed by atoms with Gasteiger partial charge in [-0.05, 0) is 43.4 Å². The third-order valence-electron chi connectivity index (χ3n) is 3.59. The van der Waals surface area contributed by atoms with Crippen LogP contribution in [0.3, 0.4) is 0 Å². The van der Waals surface area contributed by atoms with Crippen LogP contribution >= 0.6 is 0 Å². The van der Waals surface area contributed by atoms with E-state index in [-0.39, 0.29) is 0 Å². The SMILES string of the molecule is Cc1cccc(C)c1NC(=O)C(=O)NN=CCCc1ccccc1. The Balaban J connectivity index is 1.79. The average Bonchev–Trinajstić information content (AvgIpc) is 2.58. The second-order valence-electron chi connectivity index (χ2n) is 5.50. The van der Waals surface area contributed by atoms with Crippen molar-refractivity contribution in [2.45, 2.75) is 26.7 Å². The lowest BCUT2D eigenvalue weighted by atomic mass is 10.1. The van der Waals surface area contributed by atoms with Gasteiger partial charge in [0.15, 0.2) is 0 Å². The van der Waals surface area contributed by atoms with Gasteiger partial charge in [-0.1, -0.05) is 48.5 Å². The first kappa shape index (κ1) is 17.4. The number of carbonyl (C=O) groups is 2. The molecule has 0 saturated carbocycles. The highest BCUT2D eigenvalue weighted by Crippen LogP contribution is 2.19. The first-order chi connectivity index (χ1) is 11.6. The number of hydrogen-bond donors (Lipinski definition) is 2. The van der Waals surface area contributed by atoms with Crippen LogP contribution in [-0.2, 0) is 16.0 Å². The van der Waals surface area contributed by atoms with Crippen molar-refractivity contribution in [3.05, 3.63) is 65.2 Å². The Kier molecular flexibility index (Phi) is 6.25. The molecule has 0 fully saturated rings. The first-order valence-corrected chi connectivity index (χ1v) is 7.81. The second kappa shape index (κ2) is 8.62. The number of benzene rings is 2. The molecular formula is C19H21N3O2. The molecule has 2 aromatic carbocycles. The molecule has 2 amide bonds. The summed E-state index contributed by atoms with van der Waals surface area (Å²) >= 11 is 0. The molecular weight excluding hydrogens is 302 g/mol. The zero-order valence-electron chi connectivity index (χ0n) is 13.9. The number of anilines is 1. The smallest absolute Gasteiger partial charge is 0.317 e. The molecule has 5 heteroatoms. The highest BCUT2D eigenvalue weighted by atomic mass is 16.2. The Morgan fingerprint density at radius 3 is 2.29 bits per heavy atom. The highest BCUT2D eigenvalue weighted by molar-refractivity contribution is 6.39. The summed E-state index contributed by atoms with van der Waals surface area (Å²) in [6.07, 6.45) is 3.11. The lowest BCUT2D eigenvalue weighted by Crippen LogP contribution is -2.32. The zero-order valence-corrected chi connectivity index (χ0v) is 13.9. The normalized spacial score (nSPS) is 10.6. The fraction of sp³-hybridized carbons (Fsp3) is 0.211. The van der Waals surface area contributed by atoms with E-state index >= 15 is 0 Å². The molecule has 2 aromatic rings. The average molecular weight is 323 g/mol. The number of nitrogens with zero attached hydrogens (tertiary/aromatic N) is 1. The van der Waals surface area contributed by atoms with Crippen molar-refractivity contribution in [3.63, 3.8) is 0 Å². The zero-order chi connectivity index (χ0) is 17.4. The van der Waals surface area contributed by atoms with Crippen molar-refractivity contribution in [2.24, 2.45) is 5.10 Å². The molecule has 0 heterocycles. The molecule has 0 bridgehead atoms. The third kappa shape index (κ3) is 5.05. The molecule has 0 radical (unpaired) electrons. The minimum absolute atomic E-state index is 0.658. The van der Waals surface area contributed by atoms with E-state index in [2.05, 4.69) is 15.8 Å². The number of hydrazone groups is 1.